The van der Waals surface area contributed by atoms with Crippen molar-refractivity contribution in [3.63, 3.8) is 0 Å². The van der Waals surface area contributed by atoms with Crippen molar-refractivity contribution >= 4 is 0 Å². The van der Waals surface area contributed by atoms with E-state index in [1.165, 1.54) is 18.5 Å². The molecule has 0 bridgehead atoms. The van der Waals surface area contributed by atoms with Crippen LogP contribution in [-0.4, -0.2) is 22.4 Å². The van der Waals surface area contributed by atoms with Gasteiger partial charge in [0, 0.05) is 24.7 Å². The summed E-state index contributed by atoms with van der Waals surface area (Å²) in [6.07, 6.45) is 7.17. The maximum Gasteiger partial charge on any atom is 0.0640 e. The summed E-state index contributed by atoms with van der Waals surface area (Å²) in [7, 11) is 0. The van der Waals surface area contributed by atoms with Crippen LogP contribution in [0.2, 0.25) is 0 Å². The normalized spacial score (nSPS) is 20.2. The highest BCUT2D eigenvalue weighted by molar-refractivity contribution is 5.04. The molecular formula is C16H29N3. The number of hydrogen-bond acceptors (Lipinski definition) is 2. The Bertz CT molecular complexity index is 381. The summed E-state index contributed by atoms with van der Waals surface area (Å²) < 4.78 is 2.11. The Balaban J connectivity index is 1.97. The van der Waals surface area contributed by atoms with Crippen molar-refractivity contribution in [3.05, 3.63) is 18.0 Å². The SMILES string of the molecule is CCNC(Cc1ccn(C(C)CC)n1)C(C)C1CC1. The van der Waals surface area contributed by atoms with Crippen molar-refractivity contribution in [3.8, 4) is 0 Å². The molecule has 0 amide bonds. The van der Waals surface area contributed by atoms with Crippen molar-refractivity contribution in [2.45, 2.75) is 65.5 Å². The minimum absolute atomic E-state index is 0.507. The summed E-state index contributed by atoms with van der Waals surface area (Å²) >= 11 is 0. The fourth-order valence-electron chi connectivity index (χ4n) is 2.80. The van der Waals surface area contributed by atoms with Gasteiger partial charge in [-0.15, -0.1) is 0 Å². The zero-order valence-electron chi connectivity index (χ0n) is 12.9. The lowest BCUT2D eigenvalue weighted by molar-refractivity contribution is 0.341. The maximum absolute atomic E-state index is 4.74. The molecule has 3 nitrogen and oxygen atoms in total. The predicted octanol–water partition coefficient (Wildman–Crippen LogP) is 3.42. The molecular weight excluding hydrogens is 234 g/mol. The van der Waals surface area contributed by atoms with E-state index >= 15 is 0 Å². The molecule has 0 aliphatic heterocycles. The van der Waals surface area contributed by atoms with Crippen molar-refractivity contribution in [2.24, 2.45) is 11.8 Å². The minimum Gasteiger partial charge on any atom is -0.314 e. The Morgan fingerprint density at radius 3 is 2.68 bits per heavy atom. The molecule has 3 heteroatoms. The fourth-order valence-corrected chi connectivity index (χ4v) is 2.80. The summed E-state index contributed by atoms with van der Waals surface area (Å²) in [6, 6.07) is 3.28. The van der Waals surface area contributed by atoms with Gasteiger partial charge in [-0.1, -0.05) is 20.8 Å². The van der Waals surface area contributed by atoms with Crippen LogP contribution < -0.4 is 5.32 Å². The standard InChI is InChI=1S/C16H29N3/c1-5-12(3)19-10-9-15(18-19)11-16(17-6-2)13(4)14-7-8-14/h9-10,12-14,16-17H,5-8,11H2,1-4H3. The minimum atomic E-state index is 0.507. The van der Waals surface area contributed by atoms with Gasteiger partial charge in [-0.05, 0) is 50.6 Å². The Morgan fingerprint density at radius 1 is 1.37 bits per heavy atom. The molecule has 3 unspecified atom stereocenters. The molecule has 1 aliphatic rings. The van der Waals surface area contributed by atoms with Crippen LogP contribution in [0.4, 0.5) is 0 Å². The summed E-state index contributed by atoms with van der Waals surface area (Å²) in [5.41, 5.74) is 1.23. The second-order valence-electron chi connectivity index (χ2n) is 6.11. The van der Waals surface area contributed by atoms with Crippen LogP contribution in [0.5, 0.6) is 0 Å². The third-order valence-corrected chi connectivity index (χ3v) is 4.60. The van der Waals surface area contributed by atoms with Gasteiger partial charge in [-0.3, -0.25) is 4.68 Å². The van der Waals surface area contributed by atoms with Crippen LogP contribution >= 0.6 is 0 Å². The predicted molar refractivity (Wildman–Crippen MR) is 80.3 cm³/mol. The smallest absolute Gasteiger partial charge is 0.0640 e. The van der Waals surface area contributed by atoms with E-state index in [-0.39, 0.29) is 0 Å². The van der Waals surface area contributed by atoms with Gasteiger partial charge in [0.2, 0.25) is 0 Å². The summed E-state index contributed by atoms with van der Waals surface area (Å²) in [6.45, 7) is 10.1. The zero-order chi connectivity index (χ0) is 13.8. The quantitative estimate of drug-likeness (QED) is 0.779. The molecule has 0 spiro atoms. The first-order valence-electron chi connectivity index (χ1n) is 7.93. The Kier molecular flexibility index (Phi) is 5.03. The van der Waals surface area contributed by atoms with Gasteiger partial charge in [-0.2, -0.15) is 5.10 Å². The van der Waals surface area contributed by atoms with Crippen LogP contribution in [0.1, 0.15) is 58.7 Å². The first kappa shape index (κ1) is 14.6. The average Bonchev–Trinajstić information content (AvgIpc) is 3.16. The number of aromatic nitrogens is 2. The lowest BCUT2D eigenvalue weighted by Gasteiger charge is -2.24. The van der Waals surface area contributed by atoms with Crippen LogP contribution in [0.25, 0.3) is 0 Å². The van der Waals surface area contributed by atoms with Crippen LogP contribution in [-0.2, 0) is 6.42 Å². The van der Waals surface area contributed by atoms with Gasteiger partial charge in [-0.25, -0.2) is 0 Å². The van der Waals surface area contributed by atoms with E-state index in [0.717, 1.165) is 31.2 Å². The molecule has 1 aliphatic carbocycles. The third-order valence-electron chi connectivity index (χ3n) is 4.60. The van der Waals surface area contributed by atoms with Gasteiger partial charge >= 0.3 is 0 Å². The van der Waals surface area contributed by atoms with Crippen LogP contribution in [0.15, 0.2) is 12.3 Å². The number of nitrogens with zero attached hydrogens (tertiary/aromatic N) is 2. The van der Waals surface area contributed by atoms with E-state index in [1.807, 2.05) is 0 Å². The highest BCUT2D eigenvalue weighted by atomic mass is 15.3. The molecule has 1 fully saturated rings. The van der Waals surface area contributed by atoms with E-state index in [4.69, 9.17) is 5.10 Å². The first-order chi connectivity index (χ1) is 9.15. The molecule has 0 saturated heterocycles. The summed E-state index contributed by atoms with van der Waals surface area (Å²) in [4.78, 5) is 0. The Morgan fingerprint density at radius 2 is 2.11 bits per heavy atom. The summed E-state index contributed by atoms with van der Waals surface area (Å²) in [5, 5.41) is 8.40. The number of nitrogens with one attached hydrogen (secondary N) is 1. The Hall–Kier alpha value is -0.830. The molecule has 2 rings (SSSR count). The highest BCUT2D eigenvalue weighted by Gasteiger charge is 2.33. The van der Waals surface area contributed by atoms with E-state index in [9.17, 15) is 0 Å². The van der Waals surface area contributed by atoms with Gasteiger partial charge in [0.05, 0.1) is 5.69 Å². The van der Waals surface area contributed by atoms with E-state index in [0.29, 0.717) is 12.1 Å². The molecule has 1 saturated carbocycles. The van der Waals surface area contributed by atoms with E-state index < -0.39 is 0 Å². The van der Waals surface area contributed by atoms with Crippen LogP contribution in [0.3, 0.4) is 0 Å². The number of rotatable bonds is 8. The lowest BCUT2D eigenvalue weighted by atomic mass is 9.93. The van der Waals surface area contributed by atoms with Gasteiger partial charge in [0.1, 0.15) is 0 Å². The van der Waals surface area contributed by atoms with Crippen LogP contribution in [0, 0.1) is 11.8 Å². The monoisotopic (exact) mass is 263 g/mol. The molecule has 1 aromatic heterocycles. The lowest BCUT2D eigenvalue weighted by Crippen LogP contribution is -2.37. The Labute approximate surface area is 117 Å². The molecule has 1 heterocycles. The molecule has 0 radical (unpaired) electrons. The second kappa shape index (κ2) is 6.56. The third kappa shape index (κ3) is 3.82. The topological polar surface area (TPSA) is 29.9 Å². The first-order valence-corrected chi connectivity index (χ1v) is 7.93. The van der Waals surface area contributed by atoms with Gasteiger partial charge < -0.3 is 5.32 Å². The fraction of sp³-hybridized carbons (Fsp3) is 0.812. The van der Waals surface area contributed by atoms with Crippen molar-refractivity contribution in [1.82, 2.24) is 15.1 Å². The average molecular weight is 263 g/mol. The van der Waals surface area contributed by atoms with E-state index in [2.05, 4.69) is 50.0 Å². The van der Waals surface area contributed by atoms with E-state index in [1.54, 1.807) is 0 Å². The van der Waals surface area contributed by atoms with Crippen molar-refractivity contribution < 1.29 is 0 Å². The maximum atomic E-state index is 4.74. The van der Waals surface area contributed by atoms with Gasteiger partial charge in [0.25, 0.3) is 0 Å². The van der Waals surface area contributed by atoms with Crippen molar-refractivity contribution in [2.75, 3.05) is 6.54 Å². The zero-order valence-corrected chi connectivity index (χ0v) is 12.9. The largest absolute Gasteiger partial charge is 0.314 e. The number of likely N-dealkylation sites (N-methyl/N-ethyl adjacent to an activating group) is 1. The number of hydrogen-bond donors (Lipinski definition) is 1. The van der Waals surface area contributed by atoms with Crippen molar-refractivity contribution in [1.29, 1.82) is 0 Å². The molecule has 1 aromatic rings. The highest BCUT2D eigenvalue weighted by Crippen LogP contribution is 2.38. The molecule has 0 aromatic carbocycles. The molecule has 19 heavy (non-hydrogen) atoms. The molecule has 108 valence electrons. The summed E-state index contributed by atoms with van der Waals surface area (Å²) in [5.74, 6) is 1.72. The molecule has 1 N–H and O–H groups in total. The van der Waals surface area contributed by atoms with Gasteiger partial charge in [0.15, 0.2) is 0 Å². The second-order valence-corrected chi connectivity index (χ2v) is 6.11. The molecule has 3 atom stereocenters.